The Hall–Kier alpha value is -1.81. The second-order valence-corrected chi connectivity index (χ2v) is 8.05. The maximum absolute atomic E-state index is 12.4. The fraction of sp³-hybridized carbons (Fsp3) is 0.500. The molecular formula is C22H29NO2S. The Balaban J connectivity index is 1.36. The van der Waals surface area contributed by atoms with Crippen LogP contribution in [0.1, 0.15) is 43.0 Å². The van der Waals surface area contributed by atoms with Gasteiger partial charge in [0.25, 0.3) is 0 Å². The molecule has 0 atom stereocenters. The van der Waals surface area contributed by atoms with Crippen LogP contribution in [0.5, 0.6) is 5.75 Å². The third-order valence-corrected chi connectivity index (χ3v) is 6.14. The minimum atomic E-state index is 0.323. The third-order valence-electron chi connectivity index (χ3n) is 5.21. The Bertz CT molecular complexity index is 658. The first kappa shape index (κ1) is 19.0. The van der Waals surface area contributed by atoms with Crippen LogP contribution in [-0.4, -0.2) is 30.5 Å². The molecule has 1 aromatic heterocycles. The highest BCUT2D eigenvalue weighted by Crippen LogP contribution is 2.24. The molecule has 0 aliphatic carbocycles. The van der Waals surface area contributed by atoms with E-state index in [9.17, 15) is 4.79 Å². The second-order valence-electron chi connectivity index (χ2n) is 7.02. The quantitative estimate of drug-likeness (QED) is 0.657. The lowest BCUT2D eigenvalue weighted by molar-refractivity contribution is -0.132. The molecule has 0 spiro atoms. The molecule has 1 fully saturated rings. The zero-order chi connectivity index (χ0) is 18.2. The van der Waals surface area contributed by atoms with Crippen molar-refractivity contribution < 1.29 is 9.53 Å². The first-order valence-corrected chi connectivity index (χ1v) is 10.6. The number of piperidine rings is 1. The number of benzene rings is 1. The summed E-state index contributed by atoms with van der Waals surface area (Å²) in [5.74, 6) is 2.01. The fourth-order valence-corrected chi connectivity index (χ4v) is 4.31. The van der Waals surface area contributed by atoms with Gasteiger partial charge in [0.2, 0.25) is 5.91 Å². The Morgan fingerprint density at radius 2 is 1.92 bits per heavy atom. The monoisotopic (exact) mass is 371 g/mol. The molecule has 0 radical (unpaired) electrons. The molecule has 26 heavy (non-hydrogen) atoms. The predicted octanol–water partition coefficient (Wildman–Crippen LogP) is 4.95. The number of nitrogens with zero attached hydrogens (tertiary/aromatic N) is 1. The van der Waals surface area contributed by atoms with Gasteiger partial charge in [0.15, 0.2) is 0 Å². The average molecular weight is 372 g/mol. The molecule has 1 saturated heterocycles. The largest absolute Gasteiger partial charge is 0.494 e. The molecule has 1 aliphatic rings. The highest BCUT2D eigenvalue weighted by atomic mass is 32.1. The van der Waals surface area contributed by atoms with Gasteiger partial charge >= 0.3 is 0 Å². The van der Waals surface area contributed by atoms with E-state index >= 15 is 0 Å². The zero-order valence-corrected chi connectivity index (χ0v) is 16.5. The van der Waals surface area contributed by atoms with Crippen LogP contribution in [0.25, 0.3) is 0 Å². The molecule has 0 unspecified atom stereocenters. The Morgan fingerprint density at radius 3 is 2.58 bits per heavy atom. The standard InChI is InChI=1S/C22H29NO2S/c1-2-25-20-9-7-18(8-10-20)5-6-19-13-15-23(16-14-19)22(24)12-11-21-4-3-17-26-21/h3-4,7-10,17,19H,2,5-6,11-16H2,1H3. The molecule has 1 aliphatic heterocycles. The number of rotatable bonds is 8. The summed E-state index contributed by atoms with van der Waals surface area (Å²) in [4.78, 5) is 15.8. The maximum atomic E-state index is 12.4. The van der Waals surface area contributed by atoms with Crippen molar-refractivity contribution in [1.29, 1.82) is 0 Å². The molecule has 0 N–H and O–H groups in total. The molecule has 1 aromatic carbocycles. The minimum Gasteiger partial charge on any atom is -0.494 e. The van der Waals surface area contributed by atoms with Crippen LogP contribution in [0.3, 0.4) is 0 Å². The number of hydrogen-bond donors (Lipinski definition) is 0. The van der Waals surface area contributed by atoms with Crippen molar-refractivity contribution >= 4 is 17.2 Å². The normalized spacial score (nSPS) is 15.2. The topological polar surface area (TPSA) is 29.5 Å². The lowest BCUT2D eigenvalue weighted by Gasteiger charge is -2.32. The fourth-order valence-electron chi connectivity index (χ4n) is 3.60. The van der Waals surface area contributed by atoms with Gasteiger partial charge in [-0.05, 0) is 74.1 Å². The van der Waals surface area contributed by atoms with E-state index in [1.165, 1.54) is 16.9 Å². The van der Waals surface area contributed by atoms with Gasteiger partial charge in [-0.1, -0.05) is 18.2 Å². The van der Waals surface area contributed by atoms with E-state index in [-0.39, 0.29) is 0 Å². The van der Waals surface area contributed by atoms with Gasteiger partial charge in [0, 0.05) is 24.4 Å². The summed E-state index contributed by atoms with van der Waals surface area (Å²) in [5, 5.41) is 2.08. The Morgan fingerprint density at radius 1 is 1.15 bits per heavy atom. The zero-order valence-electron chi connectivity index (χ0n) is 15.7. The summed E-state index contributed by atoms with van der Waals surface area (Å²) >= 11 is 1.74. The van der Waals surface area contributed by atoms with Crippen LogP contribution in [0.15, 0.2) is 41.8 Å². The Kier molecular flexibility index (Phi) is 7.13. The van der Waals surface area contributed by atoms with E-state index in [1.54, 1.807) is 11.3 Å². The van der Waals surface area contributed by atoms with E-state index in [1.807, 2.05) is 6.92 Å². The summed E-state index contributed by atoms with van der Waals surface area (Å²) in [6.07, 6.45) is 6.14. The number of likely N-dealkylation sites (tertiary alicyclic amines) is 1. The molecule has 2 aromatic rings. The lowest BCUT2D eigenvalue weighted by atomic mass is 9.90. The van der Waals surface area contributed by atoms with Crippen molar-refractivity contribution in [3.05, 3.63) is 52.2 Å². The predicted molar refractivity (Wildman–Crippen MR) is 108 cm³/mol. The number of aryl methyl sites for hydroxylation is 2. The summed E-state index contributed by atoms with van der Waals surface area (Å²) in [6.45, 7) is 4.58. The summed E-state index contributed by atoms with van der Waals surface area (Å²) in [5.41, 5.74) is 1.38. The van der Waals surface area contributed by atoms with Crippen LogP contribution >= 0.6 is 11.3 Å². The lowest BCUT2D eigenvalue weighted by Crippen LogP contribution is -2.38. The van der Waals surface area contributed by atoms with Gasteiger partial charge in [-0.25, -0.2) is 0 Å². The van der Waals surface area contributed by atoms with E-state index in [0.29, 0.717) is 18.9 Å². The van der Waals surface area contributed by atoms with Crippen LogP contribution < -0.4 is 4.74 Å². The SMILES string of the molecule is CCOc1ccc(CCC2CCN(C(=O)CCc3cccs3)CC2)cc1. The molecule has 140 valence electrons. The minimum absolute atomic E-state index is 0.323. The van der Waals surface area contributed by atoms with Gasteiger partial charge in [-0.15, -0.1) is 11.3 Å². The van der Waals surface area contributed by atoms with Crippen molar-refractivity contribution in [2.75, 3.05) is 19.7 Å². The number of ether oxygens (including phenoxy) is 1. The van der Waals surface area contributed by atoms with Crippen LogP contribution in [-0.2, 0) is 17.6 Å². The van der Waals surface area contributed by atoms with Gasteiger partial charge in [-0.3, -0.25) is 4.79 Å². The van der Waals surface area contributed by atoms with Crippen molar-refractivity contribution in [2.45, 2.75) is 45.4 Å². The molecular weight excluding hydrogens is 342 g/mol. The summed E-state index contributed by atoms with van der Waals surface area (Å²) in [7, 11) is 0. The van der Waals surface area contributed by atoms with E-state index in [4.69, 9.17) is 4.74 Å². The van der Waals surface area contributed by atoms with Crippen molar-refractivity contribution in [2.24, 2.45) is 5.92 Å². The van der Waals surface area contributed by atoms with E-state index in [2.05, 4.69) is 46.7 Å². The molecule has 3 nitrogen and oxygen atoms in total. The number of thiophene rings is 1. The maximum Gasteiger partial charge on any atom is 0.222 e. The molecule has 0 saturated carbocycles. The number of carbonyl (C=O) groups is 1. The van der Waals surface area contributed by atoms with E-state index in [0.717, 1.165) is 50.4 Å². The van der Waals surface area contributed by atoms with Crippen molar-refractivity contribution in [3.8, 4) is 5.75 Å². The van der Waals surface area contributed by atoms with Crippen molar-refractivity contribution in [1.82, 2.24) is 4.90 Å². The average Bonchev–Trinajstić information content (AvgIpc) is 3.20. The number of carbonyl (C=O) groups excluding carboxylic acids is 1. The van der Waals surface area contributed by atoms with E-state index < -0.39 is 0 Å². The molecule has 1 amide bonds. The molecule has 3 rings (SSSR count). The van der Waals surface area contributed by atoms with Crippen molar-refractivity contribution in [3.63, 3.8) is 0 Å². The smallest absolute Gasteiger partial charge is 0.222 e. The van der Waals surface area contributed by atoms with Gasteiger partial charge in [0.1, 0.15) is 5.75 Å². The summed E-state index contributed by atoms with van der Waals surface area (Å²) < 4.78 is 5.50. The number of hydrogen-bond acceptors (Lipinski definition) is 3. The van der Waals surface area contributed by atoms with Crippen LogP contribution in [0.4, 0.5) is 0 Å². The highest BCUT2D eigenvalue weighted by molar-refractivity contribution is 7.09. The highest BCUT2D eigenvalue weighted by Gasteiger charge is 2.22. The molecule has 4 heteroatoms. The molecule has 2 heterocycles. The van der Waals surface area contributed by atoms with Crippen LogP contribution in [0, 0.1) is 5.92 Å². The third kappa shape index (κ3) is 5.60. The first-order chi connectivity index (χ1) is 12.7. The van der Waals surface area contributed by atoms with Gasteiger partial charge < -0.3 is 9.64 Å². The van der Waals surface area contributed by atoms with Gasteiger partial charge in [0.05, 0.1) is 6.61 Å². The molecule has 0 bridgehead atoms. The van der Waals surface area contributed by atoms with Gasteiger partial charge in [-0.2, -0.15) is 0 Å². The Labute approximate surface area is 161 Å². The first-order valence-electron chi connectivity index (χ1n) is 9.76. The second kappa shape index (κ2) is 9.77. The van der Waals surface area contributed by atoms with Crippen LogP contribution in [0.2, 0.25) is 0 Å². The summed E-state index contributed by atoms with van der Waals surface area (Å²) in [6, 6.07) is 12.6. The number of amides is 1.